The highest BCUT2D eigenvalue weighted by Gasteiger charge is 2.33. The zero-order valence-electron chi connectivity index (χ0n) is 12.0. The van der Waals surface area contributed by atoms with Gasteiger partial charge in [-0.05, 0) is 37.8 Å². The summed E-state index contributed by atoms with van der Waals surface area (Å²) in [6.45, 7) is 3.84. The first-order chi connectivity index (χ1) is 9.95. The van der Waals surface area contributed by atoms with Crippen molar-refractivity contribution in [1.29, 1.82) is 0 Å². The molecule has 0 aliphatic heterocycles. The van der Waals surface area contributed by atoms with Gasteiger partial charge < -0.3 is 0 Å². The molecule has 0 radical (unpaired) electrons. The Labute approximate surface area is 122 Å². The first-order valence-corrected chi connectivity index (χ1v) is 6.92. The molecule has 0 spiro atoms. The predicted octanol–water partition coefficient (Wildman–Crippen LogP) is 5.04. The minimum absolute atomic E-state index is 0.0248. The molecule has 112 valence electrons. The summed E-state index contributed by atoms with van der Waals surface area (Å²) in [7, 11) is 0. The fourth-order valence-electron chi connectivity index (χ4n) is 2.20. The van der Waals surface area contributed by atoms with E-state index in [0.717, 1.165) is 18.1 Å². The van der Waals surface area contributed by atoms with E-state index in [1.165, 1.54) is 0 Å². The smallest absolute Gasteiger partial charge is 0.236 e. The summed E-state index contributed by atoms with van der Waals surface area (Å²) in [5.41, 5.74) is 1.32. The van der Waals surface area contributed by atoms with Crippen molar-refractivity contribution < 1.29 is 13.2 Å². The molecule has 0 amide bonds. The normalized spacial score (nSPS) is 18.5. The second kappa shape index (κ2) is 6.24. The van der Waals surface area contributed by atoms with E-state index in [2.05, 4.69) is 9.97 Å². The molecule has 1 aromatic rings. The van der Waals surface area contributed by atoms with E-state index < -0.39 is 11.7 Å². The van der Waals surface area contributed by atoms with Gasteiger partial charge in [0.05, 0.1) is 5.69 Å². The summed E-state index contributed by atoms with van der Waals surface area (Å²) < 4.78 is 39.0. The number of allylic oxidation sites excluding steroid dienone is 4. The van der Waals surface area contributed by atoms with Crippen molar-refractivity contribution in [1.82, 2.24) is 9.97 Å². The molecule has 0 bridgehead atoms. The maximum absolute atomic E-state index is 13.0. The van der Waals surface area contributed by atoms with Gasteiger partial charge in [0.15, 0.2) is 5.82 Å². The standard InChI is InChI=1S/C16H17F3N2/c1-3-11(4-2)15-20-10-12-7-5-6-8-13(16(17,18)19)9-14(12)21-15/h3,5,7,9-10H,4,6,8H2,1-2H3/b7-5?,11-3+,13-9+. The van der Waals surface area contributed by atoms with Gasteiger partial charge in [-0.1, -0.05) is 25.2 Å². The minimum atomic E-state index is -4.32. The molecule has 0 N–H and O–H groups in total. The Bertz CT molecular complexity index is 610. The van der Waals surface area contributed by atoms with Crippen LogP contribution in [0.5, 0.6) is 0 Å². The molecule has 0 aromatic carbocycles. The largest absolute Gasteiger partial charge is 0.412 e. The van der Waals surface area contributed by atoms with E-state index in [1.807, 2.05) is 19.9 Å². The maximum Gasteiger partial charge on any atom is 0.412 e. The Morgan fingerprint density at radius 1 is 1.38 bits per heavy atom. The van der Waals surface area contributed by atoms with Crippen molar-refractivity contribution in [3.63, 3.8) is 0 Å². The Kier molecular flexibility index (Phi) is 4.60. The van der Waals surface area contributed by atoms with Crippen molar-refractivity contribution in [2.24, 2.45) is 0 Å². The molecule has 5 heteroatoms. The van der Waals surface area contributed by atoms with Crippen LogP contribution in [-0.4, -0.2) is 16.1 Å². The van der Waals surface area contributed by atoms with E-state index in [4.69, 9.17) is 0 Å². The Balaban J connectivity index is 2.54. The predicted molar refractivity (Wildman–Crippen MR) is 78.3 cm³/mol. The van der Waals surface area contributed by atoms with E-state index >= 15 is 0 Å². The molecule has 2 rings (SSSR count). The number of rotatable bonds is 2. The van der Waals surface area contributed by atoms with Crippen LogP contribution in [-0.2, 0) is 0 Å². The zero-order valence-corrected chi connectivity index (χ0v) is 12.0. The first-order valence-electron chi connectivity index (χ1n) is 6.92. The second-order valence-electron chi connectivity index (χ2n) is 4.81. The van der Waals surface area contributed by atoms with Crippen LogP contribution in [0.15, 0.2) is 23.9 Å². The number of halogens is 3. The first kappa shape index (κ1) is 15.5. The number of aromatic nitrogens is 2. The average molecular weight is 294 g/mol. The summed E-state index contributed by atoms with van der Waals surface area (Å²) in [5, 5.41) is 0. The molecule has 2 nitrogen and oxygen atoms in total. The van der Waals surface area contributed by atoms with Gasteiger partial charge >= 0.3 is 6.18 Å². The highest BCUT2D eigenvalue weighted by atomic mass is 19.4. The third-order valence-corrected chi connectivity index (χ3v) is 3.42. The van der Waals surface area contributed by atoms with Gasteiger partial charge in [-0.15, -0.1) is 0 Å². The van der Waals surface area contributed by atoms with Crippen LogP contribution in [0.1, 0.15) is 50.2 Å². The van der Waals surface area contributed by atoms with Crippen LogP contribution in [0.25, 0.3) is 17.7 Å². The topological polar surface area (TPSA) is 25.8 Å². The molecule has 0 atom stereocenters. The quantitative estimate of drug-likeness (QED) is 0.763. The van der Waals surface area contributed by atoms with Crippen molar-refractivity contribution in [2.75, 3.05) is 0 Å². The number of alkyl halides is 3. The fraction of sp³-hybridized carbons (Fsp3) is 0.375. The van der Waals surface area contributed by atoms with Crippen molar-refractivity contribution in [3.8, 4) is 0 Å². The summed E-state index contributed by atoms with van der Waals surface area (Å²) in [5.74, 6) is 0.491. The lowest BCUT2D eigenvalue weighted by Crippen LogP contribution is -2.13. The lowest BCUT2D eigenvalue weighted by Gasteiger charge is -2.14. The highest BCUT2D eigenvalue weighted by molar-refractivity contribution is 5.67. The Morgan fingerprint density at radius 3 is 2.76 bits per heavy atom. The summed E-state index contributed by atoms with van der Waals surface area (Å²) in [4.78, 5) is 8.57. The van der Waals surface area contributed by atoms with Gasteiger partial charge in [-0.2, -0.15) is 13.2 Å². The van der Waals surface area contributed by atoms with E-state index in [0.29, 0.717) is 23.5 Å². The SMILES string of the molecule is C/C=C(\CC)c1ncc2c(n1)/C=C(/C(F)(F)F)CCC=C2. The molecular weight excluding hydrogens is 277 g/mol. The summed E-state index contributed by atoms with van der Waals surface area (Å²) in [6.07, 6.45) is 4.89. The van der Waals surface area contributed by atoms with Crippen LogP contribution in [0.2, 0.25) is 0 Å². The number of hydrogen-bond acceptors (Lipinski definition) is 2. The molecule has 21 heavy (non-hydrogen) atoms. The molecule has 0 unspecified atom stereocenters. The van der Waals surface area contributed by atoms with Crippen LogP contribution < -0.4 is 0 Å². The van der Waals surface area contributed by atoms with Gasteiger partial charge in [0, 0.05) is 17.3 Å². The average Bonchev–Trinajstić information content (AvgIpc) is 2.40. The van der Waals surface area contributed by atoms with Gasteiger partial charge in [0.25, 0.3) is 0 Å². The monoisotopic (exact) mass is 294 g/mol. The molecule has 1 aliphatic carbocycles. The number of hydrogen-bond donors (Lipinski definition) is 0. The van der Waals surface area contributed by atoms with Gasteiger partial charge in [-0.3, -0.25) is 0 Å². The van der Waals surface area contributed by atoms with Crippen LogP contribution in [0, 0.1) is 0 Å². The molecular formula is C16H17F3N2. The van der Waals surface area contributed by atoms with E-state index in [9.17, 15) is 13.2 Å². The number of fused-ring (bicyclic) bond motifs is 1. The third-order valence-electron chi connectivity index (χ3n) is 3.42. The lowest BCUT2D eigenvalue weighted by molar-refractivity contribution is -0.0929. The van der Waals surface area contributed by atoms with E-state index in [1.54, 1.807) is 18.3 Å². The molecule has 1 heterocycles. The molecule has 0 saturated heterocycles. The zero-order chi connectivity index (χ0) is 15.5. The van der Waals surface area contributed by atoms with Crippen LogP contribution in [0.3, 0.4) is 0 Å². The minimum Gasteiger partial charge on any atom is -0.236 e. The number of nitrogens with zero attached hydrogens (tertiary/aromatic N) is 2. The molecule has 0 saturated carbocycles. The highest BCUT2D eigenvalue weighted by Crippen LogP contribution is 2.32. The van der Waals surface area contributed by atoms with Gasteiger partial charge in [0.1, 0.15) is 0 Å². The lowest BCUT2D eigenvalue weighted by atomic mass is 10.0. The summed E-state index contributed by atoms with van der Waals surface area (Å²) >= 11 is 0. The van der Waals surface area contributed by atoms with E-state index in [-0.39, 0.29) is 6.42 Å². The Hall–Kier alpha value is -1.91. The van der Waals surface area contributed by atoms with Crippen molar-refractivity contribution in [3.05, 3.63) is 41.0 Å². The maximum atomic E-state index is 13.0. The van der Waals surface area contributed by atoms with Crippen molar-refractivity contribution >= 4 is 17.7 Å². The molecule has 1 aromatic heterocycles. The second-order valence-corrected chi connectivity index (χ2v) is 4.81. The Morgan fingerprint density at radius 2 is 2.14 bits per heavy atom. The molecule has 1 aliphatic rings. The summed E-state index contributed by atoms with van der Waals surface area (Å²) in [6, 6.07) is 0. The van der Waals surface area contributed by atoms with Crippen molar-refractivity contribution in [2.45, 2.75) is 39.3 Å². The third kappa shape index (κ3) is 3.60. The fourth-order valence-corrected chi connectivity index (χ4v) is 2.20. The van der Waals surface area contributed by atoms with Crippen LogP contribution in [0.4, 0.5) is 13.2 Å². The molecule has 0 fully saturated rings. The van der Waals surface area contributed by atoms with Gasteiger partial charge in [-0.25, -0.2) is 9.97 Å². The van der Waals surface area contributed by atoms with Gasteiger partial charge in [0.2, 0.25) is 0 Å². The van der Waals surface area contributed by atoms with Crippen LogP contribution >= 0.6 is 0 Å².